The summed E-state index contributed by atoms with van der Waals surface area (Å²) in [6, 6.07) is 0. The molecule has 82 valence electrons. The lowest BCUT2D eigenvalue weighted by molar-refractivity contribution is 0.281. The Morgan fingerprint density at radius 1 is 1.00 bits per heavy atom. The summed E-state index contributed by atoms with van der Waals surface area (Å²) in [5.41, 5.74) is 0. The van der Waals surface area contributed by atoms with Crippen LogP contribution in [0.1, 0.15) is 25.7 Å². The third kappa shape index (κ3) is 3.21. The molecule has 2 fully saturated rings. The topological polar surface area (TPSA) is 6.48 Å². The molecular formula is C11H21BrN2. The molecule has 0 amide bonds. The number of rotatable bonds is 4. The maximum atomic E-state index is 3.68. The van der Waals surface area contributed by atoms with Gasteiger partial charge in [-0.3, -0.25) is 0 Å². The van der Waals surface area contributed by atoms with Crippen LogP contribution in [0, 0.1) is 0 Å². The fourth-order valence-electron chi connectivity index (χ4n) is 2.51. The van der Waals surface area contributed by atoms with Crippen LogP contribution in [0.15, 0.2) is 0 Å². The lowest BCUT2D eigenvalue weighted by Gasteiger charge is -2.18. The van der Waals surface area contributed by atoms with Crippen molar-refractivity contribution in [1.29, 1.82) is 0 Å². The molecule has 0 bridgehead atoms. The van der Waals surface area contributed by atoms with Gasteiger partial charge in [-0.1, -0.05) is 15.9 Å². The van der Waals surface area contributed by atoms with E-state index in [9.17, 15) is 0 Å². The summed E-state index contributed by atoms with van der Waals surface area (Å²) in [6.07, 6.45) is 5.55. The lowest BCUT2D eigenvalue weighted by atomic mass is 10.3. The van der Waals surface area contributed by atoms with Gasteiger partial charge in [-0.15, -0.1) is 0 Å². The van der Waals surface area contributed by atoms with Gasteiger partial charge in [-0.25, -0.2) is 0 Å². The maximum Gasteiger partial charge on any atom is 0.0285 e. The Kier molecular flexibility index (Phi) is 4.26. The van der Waals surface area contributed by atoms with Crippen LogP contribution < -0.4 is 0 Å². The zero-order valence-electron chi connectivity index (χ0n) is 8.92. The van der Waals surface area contributed by atoms with Gasteiger partial charge in [0, 0.05) is 11.4 Å². The zero-order valence-corrected chi connectivity index (χ0v) is 10.5. The molecule has 0 aromatic heterocycles. The Balaban J connectivity index is 1.54. The van der Waals surface area contributed by atoms with Gasteiger partial charge in [0.15, 0.2) is 0 Å². The van der Waals surface area contributed by atoms with Crippen molar-refractivity contribution >= 4 is 15.9 Å². The predicted molar refractivity (Wildman–Crippen MR) is 64.1 cm³/mol. The first-order valence-corrected chi connectivity index (χ1v) is 6.85. The monoisotopic (exact) mass is 260 g/mol. The number of nitrogens with zero attached hydrogens (tertiary/aromatic N) is 2. The normalized spacial score (nSPS) is 30.2. The van der Waals surface area contributed by atoms with Gasteiger partial charge >= 0.3 is 0 Å². The summed E-state index contributed by atoms with van der Waals surface area (Å²) in [5, 5.41) is 0. The van der Waals surface area contributed by atoms with Crippen LogP contribution >= 0.6 is 15.9 Å². The number of alkyl halides is 1. The highest BCUT2D eigenvalue weighted by atomic mass is 79.9. The number of likely N-dealkylation sites (tertiary alicyclic amines) is 2. The standard InChI is InChI=1S/C11H21BrN2/c12-11-4-9-14(10-11)8-3-7-13-5-1-2-6-13/h11H,1-10H2. The van der Waals surface area contributed by atoms with E-state index in [2.05, 4.69) is 25.7 Å². The Morgan fingerprint density at radius 2 is 1.71 bits per heavy atom. The molecule has 3 heteroatoms. The van der Waals surface area contributed by atoms with Crippen LogP contribution in [-0.4, -0.2) is 53.9 Å². The molecule has 0 spiro atoms. The van der Waals surface area contributed by atoms with E-state index in [1.165, 1.54) is 65.0 Å². The van der Waals surface area contributed by atoms with Crippen molar-refractivity contribution < 1.29 is 0 Å². The van der Waals surface area contributed by atoms with Gasteiger partial charge in [-0.05, 0) is 58.4 Å². The second kappa shape index (κ2) is 5.47. The molecule has 0 saturated carbocycles. The van der Waals surface area contributed by atoms with Crippen LogP contribution in [0.25, 0.3) is 0 Å². The van der Waals surface area contributed by atoms with E-state index in [4.69, 9.17) is 0 Å². The molecule has 0 aromatic carbocycles. The van der Waals surface area contributed by atoms with Gasteiger partial charge in [0.05, 0.1) is 0 Å². The highest BCUT2D eigenvalue weighted by molar-refractivity contribution is 9.09. The van der Waals surface area contributed by atoms with Crippen molar-refractivity contribution in [3.8, 4) is 0 Å². The van der Waals surface area contributed by atoms with Crippen molar-refractivity contribution in [3.05, 3.63) is 0 Å². The van der Waals surface area contributed by atoms with Crippen molar-refractivity contribution in [1.82, 2.24) is 9.80 Å². The van der Waals surface area contributed by atoms with E-state index < -0.39 is 0 Å². The predicted octanol–water partition coefficient (Wildman–Crippen LogP) is 1.94. The molecule has 2 rings (SSSR count). The van der Waals surface area contributed by atoms with Gasteiger partial charge in [0.2, 0.25) is 0 Å². The Hall–Kier alpha value is 0.400. The summed E-state index contributed by atoms with van der Waals surface area (Å²) in [7, 11) is 0. The minimum absolute atomic E-state index is 0.759. The quantitative estimate of drug-likeness (QED) is 0.714. The average molecular weight is 261 g/mol. The molecule has 1 unspecified atom stereocenters. The first-order chi connectivity index (χ1) is 6.84. The molecule has 0 aliphatic carbocycles. The summed E-state index contributed by atoms with van der Waals surface area (Å²) >= 11 is 3.68. The number of halogens is 1. The Labute approximate surface area is 95.8 Å². The van der Waals surface area contributed by atoms with Gasteiger partial charge in [-0.2, -0.15) is 0 Å². The van der Waals surface area contributed by atoms with Gasteiger partial charge in [0.1, 0.15) is 0 Å². The minimum Gasteiger partial charge on any atom is -0.303 e. The van der Waals surface area contributed by atoms with E-state index in [0.29, 0.717) is 0 Å². The van der Waals surface area contributed by atoms with Crippen LogP contribution in [-0.2, 0) is 0 Å². The number of hydrogen-bond acceptors (Lipinski definition) is 2. The van der Waals surface area contributed by atoms with E-state index >= 15 is 0 Å². The van der Waals surface area contributed by atoms with E-state index in [1.807, 2.05) is 0 Å². The Morgan fingerprint density at radius 3 is 2.36 bits per heavy atom. The molecule has 0 N–H and O–H groups in total. The third-order valence-corrected chi connectivity index (χ3v) is 4.11. The third-order valence-electron chi connectivity index (χ3n) is 3.36. The van der Waals surface area contributed by atoms with Crippen molar-refractivity contribution in [2.45, 2.75) is 30.5 Å². The van der Waals surface area contributed by atoms with Crippen LogP contribution in [0.4, 0.5) is 0 Å². The summed E-state index contributed by atoms with van der Waals surface area (Å²) in [4.78, 5) is 5.96. The molecule has 2 saturated heterocycles. The lowest BCUT2D eigenvalue weighted by Crippen LogP contribution is -2.27. The summed E-state index contributed by atoms with van der Waals surface area (Å²) < 4.78 is 0. The maximum absolute atomic E-state index is 3.68. The summed E-state index contributed by atoms with van der Waals surface area (Å²) in [5.74, 6) is 0. The highest BCUT2D eigenvalue weighted by Crippen LogP contribution is 2.16. The molecule has 0 aromatic rings. The molecule has 1 atom stereocenters. The fraction of sp³-hybridized carbons (Fsp3) is 1.00. The first-order valence-electron chi connectivity index (χ1n) is 5.93. The van der Waals surface area contributed by atoms with Crippen molar-refractivity contribution in [2.24, 2.45) is 0 Å². The number of hydrogen-bond donors (Lipinski definition) is 0. The minimum atomic E-state index is 0.759. The molecule has 0 radical (unpaired) electrons. The molecular weight excluding hydrogens is 240 g/mol. The highest BCUT2D eigenvalue weighted by Gasteiger charge is 2.19. The molecule has 14 heavy (non-hydrogen) atoms. The first kappa shape index (κ1) is 10.9. The largest absolute Gasteiger partial charge is 0.303 e. The van der Waals surface area contributed by atoms with Gasteiger partial charge < -0.3 is 9.80 Å². The van der Waals surface area contributed by atoms with Gasteiger partial charge in [0.25, 0.3) is 0 Å². The van der Waals surface area contributed by atoms with E-state index in [0.717, 1.165) is 4.83 Å². The average Bonchev–Trinajstić information content (AvgIpc) is 2.77. The van der Waals surface area contributed by atoms with Crippen LogP contribution in [0.2, 0.25) is 0 Å². The second-order valence-electron chi connectivity index (χ2n) is 4.59. The van der Waals surface area contributed by atoms with E-state index in [1.54, 1.807) is 0 Å². The Bertz CT molecular complexity index is 169. The second-order valence-corrected chi connectivity index (χ2v) is 5.88. The van der Waals surface area contributed by atoms with E-state index in [-0.39, 0.29) is 0 Å². The molecule has 2 aliphatic heterocycles. The zero-order chi connectivity index (χ0) is 9.80. The van der Waals surface area contributed by atoms with Crippen LogP contribution in [0.3, 0.4) is 0 Å². The molecule has 2 heterocycles. The smallest absolute Gasteiger partial charge is 0.0285 e. The molecule has 2 nitrogen and oxygen atoms in total. The van der Waals surface area contributed by atoms with Crippen molar-refractivity contribution in [2.75, 3.05) is 39.3 Å². The molecule has 2 aliphatic rings. The summed E-state index contributed by atoms with van der Waals surface area (Å²) in [6.45, 7) is 7.89. The fourth-order valence-corrected chi connectivity index (χ4v) is 3.13. The van der Waals surface area contributed by atoms with Crippen molar-refractivity contribution in [3.63, 3.8) is 0 Å². The van der Waals surface area contributed by atoms with Crippen LogP contribution in [0.5, 0.6) is 0 Å². The SMILES string of the molecule is BrC1CCN(CCCN2CCCC2)C1.